The Morgan fingerprint density at radius 3 is 2.62 bits per heavy atom. The Hall–Kier alpha value is -5.24. The third-order valence-corrected chi connectivity index (χ3v) is 6.72. The molecule has 1 aliphatic heterocycles. The lowest BCUT2D eigenvalue weighted by molar-refractivity contribution is -0.113. The predicted octanol–water partition coefficient (Wildman–Crippen LogP) is 6.16. The number of pyridine rings is 1. The molecule has 8 heteroatoms. The Bertz CT molecular complexity index is 1700. The molecule has 5 aromatic rings. The van der Waals surface area contributed by atoms with Gasteiger partial charge in [0.1, 0.15) is 18.4 Å². The molecule has 1 unspecified atom stereocenters. The molecule has 3 aromatic carbocycles. The molecule has 0 fully saturated rings. The molecule has 0 saturated heterocycles. The fraction of sp³-hybridized carbons (Fsp3) is 0.125. The van der Waals surface area contributed by atoms with Crippen molar-refractivity contribution in [2.75, 3.05) is 10.6 Å². The topological polar surface area (TPSA) is 94.0 Å². The van der Waals surface area contributed by atoms with Gasteiger partial charge in [0.05, 0.1) is 17.5 Å². The summed E-state index contributed by atoms with van der Waals surface area (Å²) in [4.78, 5) is 22.7. The average Bonchev–Trinajstić information content (AvgIpc) is 3.40. The SMILES string of the molecule is CC1=C(C(=O)Nc2cccnc2)C(c2cccc(OCc3ccccc3)c2)n2nc(-c3cccc(C)c3)nc2N1. The number of rotatable bonds is 7. The number of aryl methyl sites for hydroxylation is 1. The lowest BCUT2D eigenvalue weighted by atomic mass is 9.95. The van der Waals surface area contributed by atoms with Crippen molar-refractivity contribution in [2.24, 2.45) is 0 Å². The fourth-order valence-corrected chi connectivity index (χ4v) is 4.81. The first-order chi connectivity index (χ1) is 19.5. The van der Waals surface area contributed by atoms with Crippen LogP contribution in [0, 0.1) is 6.92 Å². The van der Waals surface area contributed by atoms with Crippen molar-refractivity contribution in [1.82, 2.24) is 19.7 Å². The quantitative estimate of drug-likeness (QED) is 0.263. The van der Waals surface area contributed by atoms with Crippen LogP contribution >= 0.6 is 0 Å². The monoisotopic (exact) mass is 528 g/mol. The first-order valence-electron chi connectivity index (χ1n) is 13.0. The molecule has 0 saturated carbocycles. The summed E-state index contributed by atoms with van der Waals surface area (Å²) in [5, 5.41) is 11.2. The largest absolute Gasteiger partial charge is 0.489 e. The number of hydrogen-bond acceptors (Lipinski definition) is 6. The molecule has 0 spiro atoms. The number of anilines is 2. The maximum absolute atomic E-state index is 13.8. The van der Waals surface area contributed by atoms with E-state index in [1.165, 1.54) is 0 Å². The van der Waals surface area contributed by atoms with Gasteiger partial charge in [0.25, 0.3) is 5.91 Å². The number of carbonyl (C=O) groups is 1. The van der Waals surface area contributed by atoms with Crippen LogP contribution < -0.4 is 15.4 Å². The Labute approximate surface area is 232 Å². The molecule has 0 radical (unpaired) electrons. The Morgan fingerprint density at radius 2 is 1.82 bits per heavy atom. The maximum Gasteiger partial charge on any atom is 0.255 e. The summed E-state index contributed by atoms with van der Waals surface area (Å²) in [7, 11) is 0. The molecular formula is C32H28N6O2. The molecule has 2 aromatic heterocycles. The summed E-state index contributed by atoms with van der Waals surface area (Å²) in [5.74, 6) is 1.59. The summed E-state index contributed by atoms with van der Waals surface area (Å²) < 4.78 is 7.91. The average molecular weight is 529 g/mol. The van der Waals surface area contributed by atoms with E-state index in [-0.39, 0.29) is 5.91 Å². The van der Waals surface area contributed by atoms with Crippen LogP contribution in [0.4, 0.5) is 11.6 Å². The van der Waals surface area contributed by atoms with E-state index in [4.69, 9.17) is 14.8 Å². The molecule has 40 heavy (non-hydrogen) atoms. The van der Waals surface area contributed by atoms with Gasteiger partial charge in [0.15, 0.2) is 5.82 Å². The molecule has 1 amide bonds. The number of aromatic nitrogens is 4. The summed E-state index contributed by atoms with van der Waals surface area (Å²) in [6, 6.07) is 28.9. The standard InChI is InChI=1S/C32H28N6O2/c1-21-9-6-13-25(17-21)30-36-32-34-22(2)28(31(39)35-26-14-8-16-33-19-26)29(38(32)37-30)24-12-7-15-27(18-24)40-20-23-10-4-3-5-11-23/h3-19,29H,20H2,1-2H3,(H,35,39)(H,34,36,37). The van der Waals surface area contributed by atoms with Gasteiger partial charge in [-0.25, -0.2) is 4.68 Å². The van der Waals surface area contributed by atoms with Crippen LogP contribution in [0.5, 0.6) is 5.75 Å². The predicted molar refractivity (Wildman–Crippen MR) is 155 cm³/mol. The van der Waals surface area contributed by atoms with E-state index in [1.807, 2.05) is 92.7 Å². The molecule has 1 atom stereocenters. The zero-order chi connectivity index (χ0) is 27.5. The lowest BCUT2D eigenvalue weighted by Crippen LogP contribution is -2.31. The first kappa shape index (κ1) is 25.1. The molecule has 1 aliphatic rings. The highest BCUT2D eigenvalue weighted by atomic mass is 16.5. The number of nitrogens with zero attached hydrogens (tertiary/aromatic N) is 4. The van der Waals surface area contributed by atoms with Crippen molar-refractivity contribution in [3.8, 4) is 17.1 Å². The summed E-state index contributed by atoms with van der Waals surface area (Å²) in [6.45, 7) is 4.35. The highest BCUT2D eigenvalue weighted by Gasteiger charge is 2.34. The maximum atomic E-state index is 13.8. The number of fused-ring (bicyclic) bond motifs is 1. The fourth-order valence-electron chi connectivity index (χ4n) is 4.81. The minimum Gasteiger partial charge on any atom is -0.489 e. The third-order valence-electron chi connectivity index (χ3n) is 6.72. The van der Waals surface area contributed by atoms with Crippen molar-refractivity contribution in [2.45, 2.75) is 26.5 Å². The van der Waals surface area contributed by atoms with Crippen LogP contribution in [0.1, 0.15) is 29.7 Å². The minimum absolute atomic E-state index is 0.253. The number of nitrogens with one attached hydrogen (secondary N) is 2. The summed E-state index contributed by atoms with van der Waals surface area (Å²) >= 11 is 0. The zero-order valence-corrected chi connectivity index (χ0v) is 22.2. The summed E-state index contributed by atoms with van der Waals surface area (Å²) in [5.41, 5.74) is 5.77. The van der Waals surface area contributed by atoms with Crippen LogP contribution in [-0.4, -0.2) is 25.7 Å². The molecular weight excluding hydrogens is 500 g/mol. The number of amides is 1. The van der Waals surface area contributed by atoms with Crippen molar-refractivity contribution >= 4 is 17.5 Å². The smallest absolute Gasteiger partial charge is 0.255 e. The van der Waals surface area contributed by atoms with Gasteiger partial charge in [0.2, 0.25) is 5.95 Å². The molecule has 8 nitrogen and oxygen atoms in total. The van der Waals surface area contributed by atoms with Crippen molar-refractivity contribution in [3.63, 3.8) is 0 Å². The van der Waals surface area contributed by atoms with Crippen LogP contribution in [-0.2, 0) is 11.4 Å². The Kier molecular flexibility index (Phi) is 6.80. The van der Waals surface area contributed by atoms with Crippen LogP contribution in [0.25, 0.3) is 11.4 Å². The number of benzene rings is 3. The zero-order valence-electron chi connectivity index (χ0n) is 22.2. The van der Waals surface area contributed by atoms with Gasteiger partial charge in [-0.2, -0.15) is 4.98 Å². The first-order valence-corrected chi connectivity index (χ1v) is 13.0. The molecule has 0 bridgehead atoms. The van der Waals surface area contributed by atoms with Gasteiger partial charge < -0.3 is 15.4 Å². The normalized spacial score (nSPS) is 14.3. The van der Waals surface area contributed by atoms with Crippen molar-refractivity contribution < 1.29 is 9.53 Å². The van der Waals surface area contributed by atoms with E-state index in [0.717, 1.165) is 22.3 Å². The lowest BCUT2D eigenvalue weighted by Gasteiger charge is -2.29. The highest BCUT2D eigenvalue weighted by molar-refractivity contribution is 6.06. The Morgan fingerprint density at radius 1 is 0.975 bits per heavy atom. The molecule has 3 heterocycles. The van der Waals surface area contributed by atoms with Gasteiger partial charge in [-0.15, -0.1) is 5.10 Å². The minimum atomic E-state index is -0.542. The molecule has 6 rings (SSSR count). The molecule has 0 aliphatic carbocycles. The highest BCUT2D eigenvalue weighted by Crippen LogP contribution is 2.38. The second-order valence-electron chi connectivity index (χ2n) is 9.68. The van der Waals surface area contributed by atoms with Crippen molar-refractivity contribution in [1.29, 1.82) is 0 Å². The van der Waals surface area contributed by atoms with E-state index < -0.39 is 6.04 Å². The van der Waals surface area contributed by atoms with Gasteiger partial charge in [0, 0.05) is 17.5 Å². The third kappa shape index (κ3) is 5.19. The van der Waals surface area contributed by atoms with E-state index in [2.05, 4.69) is 15.6 Å². The van der Waals surface area contributed by atoms with Crippen molar-refractivity contribution in [3.05, 3.63) is 131 Å². The molecule has 2 N–H and O–H groups in total. The second-order valence-corrected chi connectivity index (χ2v) is 9.68. The van der Waals surface area contributed by atoms with Crippen LogP contribution in [0.15, 0.2) is 115 Å². The second kappa shape index (κ2) is 10.9. The van der Waals surface area contributed by atoms with Gasteiger partial charge in [-0.1, -0.05) is 66.2 Å². The van der Waals surface area contributed by atoms with E-state index in [0.29, 0.717) is 41.1 Å². The number of carbonyl (C=O) groups excluding carboxylic acids is 1. The van der Waals surface area contributed by atoms with Gasteiger partial charge in [-0.05, 0) is 55.3 Å². The molecule has 198 valence electrons. The van der Waals surface area contributed by atoms with Gasteiger partial charge >= 0.3 is 0 Å². The summed E-state index contributed by atoms with van der Waals surface area (Å²) in [6.07, 6.45) is 3.29. The van der Waals surface area contributed by atoms with Crippen LogP contribution in [0.3, 0.4) is 0 Å². The number of hydrogen-bond donors (Lipinski definition) is 2. The number of ether oxygens (including phenoxy) is 1. The van der Waals surface area contributed by atoms with E-state index in [9.17, 15) is 4.79 Å². The van der Waals surface area contributed by atoms with Crippen LogP contribution in [0.2, 0.25) is 0 Å². The van der Waals surface area contributed by atoms with E-state index >= 15 is 0 Å². The van der Waals surface area contributed by atoms with Gasteiger partial charge in [-0.3, -0.25) is 9.78 Å². The Balaban J connectivity index is 1.40. The number of allylic oxidation sites excluding steroid dienone is 1. The van der Waals surface area contributed by atoms with E-state index in [1.54, 1.807) is 29.2 Å².